The maximum atomic E-state index is 12.4. The summed E-state index contributed by atoms with van der Waals surface area (Å²) in [6.07, 6.45) is 2.07. The van der Waals surface area contributed by atoms with Gasteiger partial charge in [0.1, 0.15) is 11.5 Å². The summed E-state index contributed by atoms with van der Waals surface area (Å²) in [5.41, 5.74) is 1.67. The van der Waals surface area contributed by atoms with Gasteiger partial charge in [-0.2, -0.15) is 0 Å². The molecule has 0 bridgehead atoms. The average molecular weight is 413 g/mol. The lowest BCUT2D eigenvalue weighted by Crippen LogP contribution is -2.31. The summed E-state index contributed by atoms with van der Waals surface area (Å²) >= 11 is 0. The van der Waals surface area contributed by atoms with Crippen molar-refractivity contribution in [3.05, 3.63) is 48.0 Å². The molecule has 0 aromatic heterocycles. The highest BCUT2D eigenvalue weighted by molar-refractivity contribution is 5.98. The minimum atomic E-state index is -0.253. The number of amides is 2. The Morgan fingerprint density at radius 3 is 2.73 bits per heavy atom. The smallest absolute Gasteiger partial charge is 0.251 e. The van der Waals surface area contributed by atoms with E-state index in [1.54, 1.807) is 56.7 Å². The predicted molar refractivity (Wildman–Crippen MR) is 114 cm³/mol. The lowest BCUT2D eigenvalue weighted by Gasteiger charge is -2.13. The summed E-state index contributed by atoms with van der Waals surface area (Å²) < 4.78 is 16.0. The highest BCUT2D eigenvalue weighted by Crippen LogP contribution is 2.28. The molecule has 1 saturated heterocycles. The molecule has 3 rings (SSSR count). The van der Waals surface area contributed by atoms with Gasteiger partial charge in [-0.15, -0.1) is 0 Å². The molecule has 30 heavy (non-hydrogen) atoms. The minimum absolute atomic E-state index is 0.0268. The number of nitrogens with one attached hydrogen (secondary N) is 3. The monoisotopic (exact) mass is 413 g/mol. The van der Waals surface area contributed by atoms with Gasteiger partial charge in [-0.25, -0.2) is 0 Å². The van der Waals surface area contributed by atoms with Crippen LogP contribution in [-0.2, 0) is 9.53 Å². The SMILES string of the molecule is COc1ccc(OC)c(NCC(=O)Nc2cccc(C(=O)NCC3CCCO3)c2)c1. The number of rotatable bonds is 9. The Hall–Kier alpha value is -3.26. The van der Waals surface area contributed by atoms with Crippen LogP contribution in [0.15, 0.2) is 42.5 Å². The van der Waals surface area contributed by atoms with Crippen LogP contribution < -0.4 is 25.4 Å². The van der Waals surface area contributed by atoms with Crippen molar-refractivity contribution in [3.8, 4) is 11.5 Å². The van der Waals surface area contributed by atoms with Crippen LogP contribution in [-0.4, -0.2) is 51.8 Å². The molecule has 0 saturated carbocycles. The van der Waals surface area contributed by atoms with Gasteiger partial charge < -0.3 is 30.2 Å². The van der Waals surface area contributed by atoms with Crippen molar-refractivity contribution in [1.29, 1.82) is 0 Å². The van der Waals surface area contributed by atoms with Crippen LogP contribution in [0.1, 0.15) is 23.2 Å². The molecule has 2 amide bonds. The fourth-order valence-electron chi connectivity index (χ4n) is 3.19. The first-order valence-electron chi connectivity index (χ1n) is 9.84. The normalized spacial score (nSPS) is 15.3. The van der Waals surface area contributed by atoms with Crippen LogP contribution in [0.25, 0.3) is 0 Å². The Balaban J connectivity index is 1.54. The number of ether oxygens (including phenoxy) is 3. The number of methoxy groups -OCH3 is 2. The van der Waals surface area contributed by atoms with Crippen LogP contribution in [0.4, 0.5) is 11.4 Å². The molecule has 1 unspecified atom stereocenters. The minimum Gasteiger partial charge on any atom is -0.497 e. The van der Waals surface area contributed by atoms with Gasteiger partial charge in [-0.05, 0) is 43.2 Å². The quantitative estimate of drug-likeness (QED) is 0.585. The van der Waals surface area contributed by atoms with E-state index in [0.717, 1.165) is 19.4 Å². The maximum Gasteiger partial charge on any atom is 0.251 e. The molecular weight excluding hydrogens is 386 g/mol. The Labute approximate surface area is 175 Å². The Morgan fingerprint density at radius 1 is 1.13 bits per heavy atom. The van der Waals surface area contributed by atoms with Gasteiger partial charge in [0, 0.05) is 30.5 Å². The molecule has 1 fully saturated rings. The van der Waals surface area contributed by atoms with Crippen LogP contribution in [0.3, 0.4) is 0 Å². The molecule has 1 atom stereocenters. The Kier molecular flexibility index (Phi) is 7.51. The van der Waals surface area contributed by atoms with Crippen molar-refractivity contribution in [2.45, 2.75) is 18.9 Å². The van der Waals surface area contributed by atoms with Crippen LogP contribution in [0.2, 0.25) is 0 Å². The summed E-state index contributed by atoms with van der Waals surface area (Å²) in [4.78, 5) is 24.7. The molecule has 2 aromatic carbocycles. The van der Waals surface area contributed by atoms with Crippen molar-refractivity contribution in [2.24, 2.45) is 0 Å². The van der Waals surface area contributed by atoms with Crippen LogP contribution in [0, 0.1) is 0 Å². The summed E-state index contributed by atoms with van der Waals surface area (Å²) in [7, 11) is 3.13. The van der Waals surface area contributed by atoms with Crippen molar-refractivity contribution in [2.75, 3.05) is 44.5 Å². The van der Waals surface area contributed by atoms with Crippen molar-refractivity contribution < 1.29 is 23.8 Å². The zero-order valence-corrected chi connectivity index (χ0v) is 17.2. The van der Waals surface area contributed by atoms with Crippen molar-refractivity contribution >= 4 is 23.2 Å². The van der Waals surface area contributed by atoms with Crippen LogP contribution >= 0.6 is 0 Å². The second-order valence-electron chi connectivity index (χ2n) is 6.89. The second kappa shape index (κ2) is 10.5. The van der Waals surface area contributed by atoms with E-state index in [-0.39, 0.29) is 24.5 Å². The molecule has 160 valence electrons. The first-order chi connectivity index (χ1) is 14.6. The maximum absolute atomic E-state index is 12.4. The first kappa shape index (κ1) is 21.4. The largest absolute Gasteiger partial charge is 0.497 e. The molecule has 0 aliphatic carbocycles. The topological polar surface area (TPSA) is 97.9 Å². The summed E-state index contributed by atoms with van der Waals surface area (Å²) in [5.74, 6) is 0.812. The molecule has 3 N–H and O–H groups in total. The molecule has 1 aliphatic heterocycles. The lowest BCUT2D eigenvalue weighted by molar-refractivity contribution is -0.114. The van der Waals surface area contributed by atoms with Gasteiger partial charge in [0.05, 0.1) is 32.6 Å². The van der Waals surface area contributed by atoms with E-state index < -0.39 is 0 Å². The van der Waals surface area contributed by atoms with Gasteiger partial charge in [0.2, 0.25) is 5.91 Å². The van der Waals surface area contributed by atoms with E-state index in [4.69, 9.17) is 14.2 Å². The van der Waals surface area contributed by atoms with Crippen molar-refractivity contribution in [3.63, 3.8) is 0 Å². The molecule has 0 spiro atoms. The van der Waals surface area contributed by atoms with E-state index in [0.29, 0.717) is 35.0 Å². The molecular formula is C22H27N3O5. The van der Waals surface area contributed by atoms with Gasteiger partial charge in [-0.1, -0.05) is 6.07 Å². The highest BCUT2D eigenvalue weighted by Gasteiger charge is 2.17. The molecule has 1 heterocycles. The van der Waals surface area contributed by atoms with E-state index in [9.17, 15) is 9.59 Å². The first-order valence-corrected chi connectivity index (χ1v) is 9.84. The number of anilines is 2. The third-order valence-corrected chi connectivity index (χ3v) is 4.77. The molecule has 8 heteroatoms. The van der Waals surface area contributed by atoms with Gasteiger partial charge in [-0.3, -0.25) is 9.59 Å². The van der Waals surface area contributed by atoms with E-state index in [1.807, 2.05) is 0 Å². The molecule has 8 nitrogen and oxygen atoms in total. The zero-order valence-electron chi connectivity index (χ0n) is 17.2. The Bertz CT molecular complexity index is 881. The number of carbonyl (C=O) groups excluding carboxylic acids is 2. The highest BCUT2D eigenvalue weighted by atomic mass is 16.5. The van der Waals surface area contributed by atoms with Crippen LogP contribution in [0.5, 0.6) is 11.5 Å². The summed E-state index contributed by atoms with van der Waals surface area (Å²) in [5, 5.41) is 8.71. The number of benzene rings is 2. The molecule has 1 aliphatic rings. The summed E-state index contributed by atoms with van der Waals surface area (Å²) in [6.45, 7) is 1.26. The van der Waals surface area contributed by atoms with Gasteiger partial charge >= 0.3 is 0 Å². The van der Waals surface area contributed by atoms with Gasteiger partial charge in [0.25, 0.3) is 5.91 Å². The van der Waals surface area contributed by atoms with Gasteiger partial charge in [0.15, 0.2) is 0 Å². The average Bonchev–Trinajstić information content (AvgIpc) is 3.29. The number of hydrogen-bond acceptors (Lipinski definition) is 6. The summed E-state index contributed by atoms with van der Waals surface area (Å²) in [6, 6.07) is 12.1. The Morgan fingerprint density at radius 2 is 2.00 bits per heavy atom. The standard InChI is InChI=1S/C22H27N3O5/c1-28-17-8-9-20(29-2)19(12-17)23-14-21(26)25-16-6-3-5-15(11-16)22(27)24-13-18-7-4-10-30-18/h3,5-6,8-9,11-12,18,23H,4,7,10,13-14H2,1-2H3,(H,24,27)(H,25,26). The predicted octanol–water partition coefficient (Wildman–Crippen LogP) is 2.66. The third kappa shape index (κ3) is 5.87. The number of hydrogen-bond donors (Lipinski definition) is 3. The van der Waals surface area contributed by atoms with E-state index in [2.05, 4.69) is 16.0 Å². The molecule has 0 radical (unpaired) electrons. The third-order valence-electron chi connectivity index (χ3n) is 4.77. The van der Waals surface area contributed by atoms with Crippen molar-refractivity contribution in [1.82, 2.24) is 5.32 Å². The zero-order chi connectivity index (χ0) is 21.3. The fraction of sp³-hybridized carbons (Fsp3) is 0.364. The van der Waals surface area contributed by atoms with E-state index in [1.165, 1.54) is 0 Å². The second-order valence-corrected chi connectivity index (χ2v) is 6.89. The van der Waals surface area contributed by atoms with E-state index >= 15 is 0 Å². The number of carbonyl (C=O) groups is 2. The molecule has 2 aromatic rings. The fourth-order valence-corrected chi connectivity index (χ4v) is 3.19. The lowest BCUT2D eigenvalue weighted by atomic mass is 10.1.